The second-order valence-electron chi connectivity index (χ2n) is 5.98. The van der Waals surface area contributed by atoms with Crippen LogP contribution in [0.5, 0.6) is 5.75 Å². The first kappa shape index (κ1) is 19.7. The predicted octanol–water partition coefficient (Wildman–Crippen LogP) is 3.26. The number of sulfone groups is 1. The van der Waals surface area contributed by atoms with Crippen molar-refractivity contribution in [3.8, 4) is 5.75 Å². The molecule has 0 saturated carbocycles. The van der Waals surface area contributed by atoms with E-state index in [1.807, 2.05) is 0 Å². The molecular weight excluding hydrogens is 359 g/mol. The molecule has 2 rings (SSSR count). The second kappa shape index (κ2) is 8.18. The molecule has 1 unspecified atom stereocenters. The number of anilines is 1. The molecule has 0 radical (unpaired) electrons. The third-order valence-electron chi connectivity index (χ3n) is 3.64. The first-order valence-electron chi connectivity index (χ1n) is 7.85. The smallest absolute Gasteiger partial charge is 0.319 e. The van der Waals surface area contributed by atoms with Gasteiger partial charge in [0, 0.05) is 11.9 Å². The van der Waals surface area contributed by atoms with Crippen LogP contribution in [0.4, 0.5) is 14.9 Å². The molecule has 1 atom stereocenters. The van der Waals surface area contributed by atoms with Crippen molar-refractivity contribution in [1.82, 2.24) is 5.32 Å². The molecule has 0 aliphatic rings. The summed E-state index contributed by atoms with van der Waals surface area (Å²) in [4.78, 5) is 12.1. The van der Waals surface area contributed by atoms with E-state index < -0.39 is 27.7 Å². The van der Waals surface area contributed by atoms with Crippen LogP contribution in [0.25, 0.3) is 0 Å². The van der Waals surface area contributed by atoms with Crippen molar-refractivity contribution < 1.29 is 22.3 Å². The lowest BCUT2D eigenvalue weighted by atomic mass is 10.1. The van der Waals surface area contributed by atoms with E-state index in [4.69, 9.17) is 4.74 Å². The van der Waals surface area contributed by atoms with Gasteiger partial charge in [-0.1, -0.05) is 18.2 Å². The van der Waals surface area contributed by atoms with Gasteiger partial charge in [-0.2, -0.15) is 0 Å². The van der Waals surface area contributed by atoms with Crippen molar-refractivity contribution in [2.24, 2.45) is 0 Å². The van der Waals surface area contributed by atoms with Crippen molar-refractivity contribution >= 4 is 21.6 Å². The van der Waals surface area contributed by atoms with Gasteiger partial charge in [0.15, 0.2) is 21.4 Å². The molecule has 2 aromatic carbocycles. The Bertz CT molecular complexity index is 900. The monoisotopic (exact) mass is 380 g/mol. The first-order valence-corrected chi connectivity index (χ1v) is 9.91. The van der Waals surface area contributed by atoms with E-state index >= 15 is 0 Å². The maximum Gasteiger partial charge on any atom is 0.319 e. The minimum absolute atomic E-state index is 0.105. The van der Waals surface area contributed by atoms with Crippen LogP contribution in [0.3, 0.4) is 0 Å². The summed E-state index contributed by atoms with van der Waals surface area (Å²) in [5.41, 5.74) is 1.64. The summed E-state index contributed by atoms with van der Waals surface area (Å²) in [5, 5.41) is 5.34. The van der Waals surface area contributed by atoms with Crippen LogP contribution in [-0.2, 0) is 15.6 Å². The molecule has 0 saturated heterocycles. The molecule has 26 heavy (non-hydrogen) atoms. The van der Waals surface area contributed by atoms with Crippen LogP contribution in [-0.4, -0.2) is 27.8 Å². The highest BCUT2D eigenvalue weighted by Gasteiger charge is 2.13. The van der Waals surface area contributed by atoms with Gasteiger partial charge >= 0.3 is 6.03 Å². The molecule has 140 valence electrons. The van der Waals surface area contributed by atoms with Gasteiger partial charge in [0.25, 0.3) is 0 Å². The summed E-state index contributed by atoms with van der Waals surface area (Å²) in [5.74, 6) is -0.480. The van der Waals surface area contributed by atoms with Crippen LogP contribution in [0.2, 0.25) is 0 Å². The summed E-state index contributed by atoms with van der Waals surface area (Å²) in [6, 6.07) is 10.1. The highest BCUT2D eigenvalue weighted by molar-refractivity contribution is 7.89. The normalized spacial score (nSPS) is 12.3. The second-order valence-corrected chi connectivity index (χ2v) is 8.12. The lowest BCUT2D eigenvalue weighted by Gasteiger charge is -2.16. The van der Waals surface area contributed by atoms with Crippen molar-refractivity contribution in [3.05, 3.63) is 59.4 Å². The van der Waals surface area contributed by atoms with Gasteiger partial charge < -0.3 is 15.4 Å². The maximum absolute atomic E-state index is 13.8. The van der Waals surface area contributed by atoms with Crippen LogP contribution < -0.4 is 15.4 Å². The number of carbonyl (C=O) groups excluding carboxylic acids is 1. The van der Waals surface area contributed by atoms with Gasteiger partial charge in [0.2, 0.25) is 0 Å². The molecule has 0 heterocycles. The summed E-state index contributed by atoms with van der Waals surface area (Å²) in [7, 11) is -1.78. The Morgan fingerprint density at radius 3 is 2.58 bits per heavy atom. The molecule has 0 spiro atoms. The quantitative estimate of drug-likeness (QED) is 0.806. The minimum atomic E-state index is -3.16. The predicted molar refractivity (Wildman–Crippen MR) is 98.5 cm³/mol. The molecular formula is C18H21FN2O4S. The Balaban J connectivity index is 2.02. The molecule has 0 aliphatic heterocycles. The number of hydrogen-bond acceptors (Lipinski definition) is 4. The van der Waals surface area contributed by atoms with E-state index in [1.54, 1.807) is 37.3 Å². The van der Waals surface area contributed by atoms with Crippen LogP contribution in [0.1, 0.15) is 24.1 Å². The van der Waals surface area contributed by atoms with E-state index in [1.165, 1.54) is 19.2 Å². The number of rotatable bonds is 6. The van der Waals surface area contributed by atoms with Crippen molar-refractivity contribution in [3.63, 3.8) is 0 Å². The van der Waals surface area contributed by atoms with Crippen LogP contribution in [0.15, 0.2) is 42.5 Å². The van der Waals surface area contributed by atoms with Gasteiger partial charge in [0.1, 0.15) is 0 Å². The highest BCUT2D eigenvalue weighted by atomic mass is 32.2. The zero-order valence-corrected chi connectivity index (χ0v) is 15.6. The zero-order chi connectivity index (χ0) is 19.3. The minimum Gasteiger partial charge on any atom is -0.494 e. The van der Waals surface area contributed by atoms with Crippen LogP contribution in [0, 0.1) is 5.82 Å². The van der Waals surface area contributed by atoms with Crippen molar-refractivity contribution in [1.29, 1.82) is 0 Å². The summed E-state index contributed by atoms with van der Waals surface area (Å²) >= 11 is 0. The lowest BCUT2D eigenvalue weighted by Crippen LogP contribution is -2.31. The number of hydrogen-bond donors (Lipinski definition) is 2. The third kappa shape index (κ3) is 5.73. The Labute approximate surface area is 152 Å². The fraction of sp³-hybridized carbons (Fsp3) is 0.278. The summed E-state index contributed by atoms with van der Waals surface area (Å²) in [6.07, 6.45) is 1.15. The Hall–Kier alpha value is -2.61. The topological polar surface area (TPSA) is 84.5 Å². The van der Waals surface area contributed by atoms with Gasteiger partial charge in [-0.15, -0.1) is 0 Å². The van der Waals surface area contributed by atoms with Gasteiger partial charge in [-0.25, -0.2) is 17.6 Å². The van der Waals surface area contributed by atoms with E-state index in [0.717, 1.165) is 6.26 Å². The highest BCUT2D eigenvalue weighted by Crippen LogP contribution is 2.22. The van der Waals surface area contributed by atoms with Crippen molar-refractivity contribution in [2.45, 2.75) is 18.7 Å². The summed E-state index contributed by atoms with van der Waals surface area (Å²) in [6.45, 7) is 1.72. The molecule has 0 aromatic heterocycles. The standard InChI is InChI=1S/C18H21FN2O4S/c1-12(14-7-8-17(25-2)16(19)10-14)20-18(22)21-15-6-4-5-13(9-15)11-26(3,23)24/h4-10,12H,11H2,1-3H3,(H2,20,21,22). The number of ether oxygens (including phenoxy) is 1. The fourth-order valence-corrected chi connectivity index (χ4v) is 3.23. The average molecular weight is 380 g/mol. The Kier molecular flexibility index (Phi) is 6.20. The molecule has 2 N–H and O–H groups in total. The maximum atomic E-state index is 13.8. The van der Waals surface area contributed by atoms with E-state index in [-0.39, 0.29) is 11.5 Å². The number of nitrogens with one attached hydrogen (secondary N) is 2. The SMILES string of the molecule is COc1ccc(C(C)NC(=O)Nc2cccc(CS(C)(=O)=O)c2)cc1F. The average Bonchev–Trinajstić information content (AvgIpc) is 2.53. The number of methoxy groups -OCH3 is 1. The van der Waals surface area contributed by atoms with Crippen LogP contribution >= 0.6 is 0 Å². The number of halogens is 1. The molecule has 6 nitrogen and oxygen atoms in total. The van der Waals surface area contributed by atoms with E-state index in [0.29, 0.717) is 16.8 Å². The van der Waals surface area contributed by atoms with E-state index in [9.17, 15) is 17.6 Å². The molecule has 0 aliphatic carbocycles. The van der Waals surface area contributed by atoms with E-state index in [2.05, 4.69) is 10.6 Å². The number of carbonyl (C=O) groups is 1. The fourth-order valence-electron chi connectivity index (χ4n) is 2.44. The van der Waals surface area contributed by atoms with Gasteiger partial charge in [-0.05, 0) is 42.3 Å². The zero-order valence-electron chi connectivity index (χ0n) is 14.7. The van der Waals surface area contributed by atoms with Gasteiger partial charge in [0.05, 0.1) is 18.9 Å². The van der Waals surface area contributed by atoms with Crippen molar-refractivity contribution in [2.75, 3.05) is 18.7 Å². The molecule has 8 heteroatoms. The molecule has 0 bridgehead atoms. The third-order valence-corrected chi connectivity index (χ3v) is 4.49. The molecule has 2 aromatic rings. The number of urea groups is 1. The lowest BCUT2D eigenvalue weighted by molar-refractivity contribution is 0.249. The van der Waals surface area contributed by atoms with Gasteiger partial charge in [-0.3, -0.25) is 0 Å². The molecule has 0 fully saturated rings. The Morgan fingerprint density at radius 2 is 1.96 bits per heavy atom. The largest absolute Gasteiger partial charge is 0.494 e. The molecule has 2 amide bonds. The Morgan fingerprint density at radius 1 is 1.23 bits per heavy atom. The summed E-state index contributed by atoms with van der Waals surface area (Å²) < 4.78 is 41.4. The number of benzene rings is 2. The first-order chi connectivity index (χ1) is 12.2. The number of amides is 2.